The Morgan fingerprint density at radius 2 is 1.71 bits per heavy atom. The van der Waals surface area contributed by atoms with E-state index in [-0.39, 0.29) is 16.7 Å². The van der Waals surface area contributed by atoms with Gasteiger partial charge in [0.15, 0.2) is 0 Å². The number of halogens is 1. The van der Waals surface area contributed by atoms with Crippen LogP contribution < -0.4 is 4.90 Å². The molecule has 0 saturated heterocycles. The van der Waals surface area contributed by atoms with Crippen LogP contribution in [0.4, 0.5) is 10.1 Å². The zero-order chi connectivity index (χ0) is 19.6. The third-order valence-electron chi connectivity index (χ3n) is 8.08. The fraction of sp³-hybridized carbons (Fsp3) is 0.609. The minimum Gasteiger partial charge on any atom is -0.311 e. The first kappa shape index (κ1) is 17.7. The minimum absolute atomic E-state index is 0.0270. The molecule has 1 amide bonds. The molecule has 4 nitrogen and oxygen atoms in total. The largest absolute Gasteiger partial charge is 0.311 e. The van der Waals surface area contributed by atoms with Gasteiger partial charge < -0.3 is 4.90 Å². The number of hydrogen-bond acceptors (Lipinski definition) is 3. The number of rotatable bonds is 4. The van der Waals surface area contributed by atoms with Crippen molar-refractivity contribution >= 4 is 11.6 Å². The van der Waals surface area contributed by atoms with E-state index >= 15 is 0 Å². The molecule has 0 N–H and O–H groups in total. The van der Waals surface area contributed by atoms with Gasteiger partial charge in [-0.1, -0.05) is 6.07 Å². The van der Waals surface area contributed by atoms with Crippen LogP contribution in [0.5, 0.6) is 0 Å². The van der Waals surface area contributed by atoms with Crippen molar-refractivity contribution in [3.05, 3.63) is 29.8 Å². The number of hydrogen-bond donors (Lipinski definition) is 0. The third kappa shape index (κ3) is 2.42. The van der Waals surface area contributed by atoms with Crippen molar-refractivity contribution < 1.29 is 9.18 Å². The molecule has 0 aliphatic heterocycles. The van der Waals surface area contributed by atoms with Crippen molar-refractivity contribution in [2.75, 3.05) is 11.4 Å². The monoisotopic (exact) mass is 377 g/mol. The van der Waals surface area contributed by atoms with Gasteiger partial charge in [0, 0.05) is 12.2 Å². The summed E-state index contributed by atoms with van der Waals surface area (Å²) in [5.41, 5.74) is -0.495. The number of alkyl halides is 1. The normalized spacial score (nSPS) is 39.8. The van der Waals surface area contributed by atoms with Gasteiger partial charge in [-0.15, -0.1) is 0 Å². The number of carbonyl (C=O) groups excluding carboxylic acids is 1. The first-order valence-corrected chi connectivity index (χ1v) is 10.3. The number of nitriles is 2. The Morgan fingerprint density at radius 3 is 2.25 bits per heavy atom. The molecule has 6 aliphatic carbocycles. The van der Waals surface area contributed by atoms with Crippen molar-refractivity contribution in [3.63, 3.8) is 0 Å². The van der Waals surface area contributed by atoms with Crippen LogP contribution in [0, 0.1) is 38.9 Å². The second-order valence-electron chi connectivity index (χ2n) is 9.91. The molecular formula is C23H24FN3O. The lowest BCUT2D eigenvalue weighted by Crippen LogP contribution is -2.71. The first-order chi connectivity index (χ1) is 13.3. The maximum atomic E-state index is 14.1. The predicted octanol–water partition coefficient (Wildman–Crippen LogP) is 4.65. The topological polar surface area (TPSA) is 67.9 Å². The Hall–Kier alpha value is -2.40. The minimum atomic E-state index is -1.11. The molecule has 7 rings (SSSR count). The van der Waals surface area contributed by atoms with Gasteiger partial charge in [-0.25, -0.2) is 4.39 Å². The van der Waals surface area contributed by atoms with Crippen LogP contribution in [0.25, 0.3) is 0 Å². The smallest absolute Gasteiger partial charge is 0.233 e. The number of amides is 1. The zero-order valence-electron chi connectivity index (χ0n) is 16.0. The highest BCUT2D eigenvalue weighted by Gasteiger charge is 2.73. The van der Waals surface area contributed by atoms with E-state index in [4.69, 9.17) is 0 Å². The van der Waals surface area contributed by atoms with E-state index in [0.717, 1.165) is 44.2 Å². The van der Waals surface area contributed by atoms with Crippen LogP contribution in [0.1, 0.15) is 63.4 Å². The summed E-state index contributed by atoms with van der Waals surface area (Å²) in [4.78, 5) is 15.4. The van der Waals surface area contributed by atoms with Crippen molar-refractivity contribution in [2.24, 2.45) is 16.2 Å². The number of fused-ring (bicyclic) bond motifs is 3. The Labute approximate surface area is 164 Å². The lowest BCUT2D eigenvalue weighted by molar-refractivity contribution is -0.211. The molecule has 0 aromatic heterocycles. The molecule has 6 saturated carbocycles. The zero-order valence-corrected chi connectivity index (χ0v) is 16.0. The Morgan fingerprint density at radius 1 is 1.07 bits per heavy atom. The van der Waals surface area contributed by atoms with Gasteiger partial charge in [-0.2, -0.15) is 10.5 Å². The van der Waals surface area contributed by atoms with Crippen LogP contribution >= 0.6 is 0 Å². The molecule has 6 aliphatic rings. The second-order valence-corrected chi connectivity index (χ2v) is 9.91. The molecule has 28 heavy (non-hydrogen) atoms. The van der Waals surface area contributed by atoms with Crippen LogP contribution in [-0.4, -0.2) is 18.1 Å². The number of benzene rings is 1. The maximum absolute atomic E-state index is 14.1. The summed E-state index contributed by atoms with van der Waals surface area (Å²) in [6.45, 7) is 0.614. The number of nitrogens with zero attached hydrogens (tertiary/aromatic N) is 3. The molecule has 1 aromatic rings. The van der Waals surface area contributed by atoms with Crippen LogP contribution in [0.3, 0.4) is 0 Å². The van der Waals surface area contributed by atoms with Gasteiger partial charge in [0.25, 0.3) is 0 Å². The van der Waals surface area contributed by atoms with Crippen molar-refractivity contribution in [1.29, 1.82) is 10.5 Å². The Balaban J connectivity index is 1.44. The van der Waals surface area contributed by atoms with Crippen molar-refractivity contribution in [1.82, 2.24) is 0 Å². The van der Waals surface area contributed by atoms with E-state index in [2.05, 4.69) is 12.1 Å². The highest BCUT2D eigenvalue weighted by atomic mass is 19.1. The Bertz CT molecular complexity index is 896. The lowest BCUT2D eigenvalue weighted by atomic mass is 9.41. The van der Waals surface area contributed by atoms with E-state index in [1.54, 1.807) is 12.1 Å². The Kier molecular flexibility index (Phi) is 3.52. The van der Waals surface area contributed by atoms with Crippen molar-refractivity contribution in [3.8, 4) is 12.1 Å². The summed E-state index contributed by atoms with van der Waals surface area (Å²) in [5, 5.41) is 18.8. The SMILES string of the molecule is N#Cc1cccc(N(CC23CCC(C#N)(CC2)CC3)C(=O)C23CC(F)(C2)C3)c1. The highest BCUT2D eigenvalue weighted by Crippen LogP contribution is 2.70. The standard InChI is InChI=1S/C23H24FN3O/c24-23-12-22(13-23,14-23)19(28)27(18-3-1-2-17(10-18)11-25)16-21-7-4-20(15-26,5-8-21)6-9-21/h1-3,10H,4-9,12-14,16H2. The third-order valence-corrected chi connectivity index (χ3v) is 8.08. The molecule has 144 valence electrons. The molecule has 0 spiro atoms. The van der Waals surface area contributed by atoms with Gasteiger partial charge >= 0.3 is 0 Å². The van der Waals surface area contributed by atoms with Gasteiger partial charge in [0.2, 0.25) is 5.91 Å². The maximum Gasteiger partial charge on any atom is 0.233 e. The summed E-state index contributed by atoms with van der Waals surface area (Å²) < 4.78 is 14.1. The van der Waals surface area contributed by atoms with E-state index in [9.17, 15) is 19.7 Å². The van der Waals surface area contributed by atoms with Gasteiger partial charge in [0.1, 0.15) is 5.67 Å². The highest BCUT2D eigenvalue weighted by molar-refractivity contribution is 6.00. The van der Waals surface area contributed by atoms with Crippen LogP contribution in [-0.2, 0) is 4.79 Å². The van der Waals surface area contributed by atoms with Crippen LogP contribution in [0.15, 0.2) is 24.3 Å². The summed E-state index contributed by atoms with van der Waals surface area (Å²) in [7, 11) is 0. The second kappa shape index (κ2) is 5.57. The average molecular weight is 377 g/mol. The van der Waals surface area contributed by atoms with Crippen molar-refractivity contribution in [2.45, 2.75) is 63.5 Å². The molecule has 1 aromatic carbocycles. The van der Waals surface area contributed by atoms with Gasteiger partial charge in [0.05, 0.1) is 28.5 Å². The van der Waals surface area contributed by atoms with E-state index < -0.39 is 11.1 Å². The van der Waals surface area contributed by atoms with E-state index in [1.165, 1.54) is 0 Å². The molecule has 5 heteroatoms. The van der Waals surface area contributed by atoms with E-state index in [0.29, 0.717) is 31.4 Å². The molecule has 0 heterocycles. The molecule has 0 radical (unpaired) electrons. The number of carbonyl (C=O) groups is 1. The predicted molar refractivity (Wildman–Crippen MR) is 102 cm³/mol. The van der Waals surface area contributed by atoms with Crippen LogP contribution in [0.2, 0.25) is 0 Å². The number of anilines is 1. The van der Waals surface area contributed by atoms with Gasteiger partial charge in [-0.05, 0) is 81.4 Å². The summed E-state index contributed by atoms with van der Waals surface area (Å²) in [5.74, 6) is 0.0270. The molecule has 0 atom stereocenters. The summed E-state index contributed by atoms with van der Waals surface area (Å²) in [6.07, 6.45) is 6.63. The quantitative estimate of drug-likeness (QED) is 0.767. The molecule has 0 unspecified atom stereocenters. The molecular weight excluding hydrogens is 353 g/mol. The molecule has 6 fully saturated rings. The summed E-state index contributed by atoms with van der Waals surface area (Å²) in [6, 6.07) is 11.9. The fourth-order valence-electron chi connectivity index (χ4n) is 6.20. The fourth-order valence-corrected chi connectivity index (χ4v) is 6.20. The summed E-state index contributed by atoms with van der Waals surface area (Å²) >= 11 is 0. The molecule has 4 bridgehead atoms. The van der Waals surface area contributed by atoms with E-state index in [1.807, 2.05) is 17.0 Å². The average Bonchev–Trinajstić information content (AvgIpc) is 2.70. The van der Waals surface area contributed by atoms with Gasteiger partial charge in [-0.3, -0.25) is 4.79 Å². The lowest BCUT2D eigenvalue weighted by Gasteiger charge is -2.65. The first-order valence-electron chi connectivity index (χ1n) is 10.3.